The lowest BCUT2D eigenvalue weighted by Gasteiger charge is -2.22. The lowest BCUT2D eigenvalue weighted by molar-refractivity contribution is 0.414. The molecule has 12 heteroatoms. The summed E-state index contributed by atoms with van der Waals surface area (Å²) in [5.74, 6) is -1.86. The minimum atomic E-state index is -4.55. The van der Waals surface area contributed by atoms with Crippen LogP contribution < -0.4 is 14.4 Å². The van der Waals surface area contributed by atoms with E-state index in [2.05, 4.69) is 10.3 Å². The fourth-order valence-corrected chi connectivity index (χ4v) is 5.31. The molecule has 1 N–H and O–H groups in total. The number of nitrogens with zero attached hydrogens (tertiary/aromatic N) is 2. The van der Waals surface area contributed by atoms with Gasteiger partial charge in [0, 0.05) is 5.56 Å². The van der Waals surface area contributed by atoms with E-state index in [4.69, 9.17) is 20.8 Å². The number of benzene rings is 3. The Morgan fingerprint density at radius 3 is 2.46 bits per heavy atom. The number of rotatable bonds is 9. The molecule has 0 spiro atoms. The number of hydrogen-bond donors (Lipinski definition) is 1. The Morgan fingerprint density at radius 1 is 1.08 bits per heavy atom. The molecule has 194 valence electrons. The van der Waals surface area contributed by atoms with Crippen molar-refractivity contribution in [2.45, 2.75) is 24.4 Å². The largest absolute Gasteiger partial charge is 0.497 e. The highest BCUT2D eigenvalue weighted by molar-refractivity contribution is 7.92. The van der Waals surface area contributed by atoms with Crippen molar-refractivity contribution in [1.29, 1.82) is 0 Å². The van der Waals surface area contributed by atoms with Crippen LogP contribution in [0.2, 0.25) is 5.02 Å². The molecular formula is C25H21ClF3N3O4S. The molecule has 0 bridgehead atoms. The molecule has 4 aromatic rings. The van der Waals surface area contributed by atoms with Crippen molar-refractivity contribution in [2.75, 3.05) is 16.7 Å². The molecule has 0 aliphatic carbocycles. The van der Waals surface area contributed by atoms with Crippen molar-refractivity contribution in [1.82, 2.24) is 4.98 Å². The van der Waals surface area contributed by atoms with E-state index in [1.165, 1.54) is 26.5 Å². The van der Waals surface area contributed by atoms with Gasteiger partial charge in [0.2, 0.25) is 0 Å². The number of aromatic nitrogens is 1. The van der Waals surface area contributed by atoms with E-state index >= 15 is 4.39 Å². The first-order valence-corrected chi connectivity index (χ1v) is 12.7. The number of nitrogens with one attached hydrogen (secondary N) is 1. The zero-order valence-electron chi connectivity index (χ0n) is 19.6. The molecule has 1 unspecified atom stereocenters. The van der Waals surface area contributed by atoms with E-state index in [1.807, 2.05) is 0 Å². The average Bonchev–Trinajstić information content (AvgIpc) is 3.40. The Hall–Kier alpha value is -3.70. The Morgan fingerprint density at radius 2 is 1.81 bits per heavy atom. The van der Waals surface area contributed by atoms with Gasteiger partial charge in [0.25, 0.3) is 10.0 Å². The van der Waals surface area contributed by atoms with E-state index in [0.29, 0.717) is 11.3 Å². The van der Waals surface area contributed by atoms with Crippen LogP contribution in [0.4, 0.5) is 24.9 Å². The van der Waals surface area contributed by atoms with E-state index in [0.717, 1.165) is 34.6 Å². The fourth-order valence-electron chi connectivity index (χ4n) is 3.60. The summed E-state index contributed by atoms with van der Waals surface area (Å²) in [6, 6.07) is 10.3. The quantitative estimate of drug-likeness (QED) is 0.262. The number of anilines is 2. The Balaban J connectivity index is 1.67. The number of hydrogen-bond acceptors (Lipinski definition) is 6. The van der Waals surface area contributed by atoms with Crippen LogP contribution >= 0.6 is 11.6 Å². The summed E-state index contributed by atoms with van der Waals surface area (Å²) in [4.78, 5) is 3.19. The van der Waals surface area contributed by atoms with Gasteiger partial charge in [0.15, 0.2) is 0 Å². The minimum Gasteiger partial charge on any atom is -0.497 e. The first-order valence-electron chi connectivity index (χ1n) is 10.9. The molecule has 0 fully saturated rings. The second-order valence-corrected chi connectivity index (χ2v) is 10.2. The maximum atomic E-state index is 15.3. The van der Waals surface area contributed by atoms with Gasteiger partial charge in [-0.15, -0.1) is 0 Å². The summed E-state index contributed by atoms with van der Waals surface area (Å²) < 4.78 is 81.3. The van der Waals surface area contributed by atoms with Gasteiger partial charge in [-0.05, 0) is 55.0 Å². The van der Waals surface area contributed by atoms with Crippen molar-refractivity contribution < 1.29 is 30.7 Å². The molecule has 7 nitrogen and oxygen atoms in total. The molecule has 1 aromatic heterocycles. The van der Waals surface area contributed by atoms with Gasteiger partial charge in [-0.3, -0.25) is 0 Å². The van der Waals surface area contributed by atoms with Gasteiger partial charge in [-0.1, -0.05) is 23.7 Å². The number of oxazole rings is 1. The second kappa shape index (κ2) is 10.7. The highest BCUT2D eigenvalue weighted by atomic mass is 35.5. The lowest BCUT2D eigenvalue weighted by atomic mass is 10.1. The molecule has 0 aliphatic rings. The number of sulfonamides is 1. The first kappa shape index (κ1) is 26.4. The van der Waals surface area contributed by atoms with Crippen LogP contribution in [0, 0.1) is 17.5 Å². The molecule has 0 saturated carbocycles. The predicted molar refractivity (Wildman–Crippen MR) is 133 cm³/mol. The van der Waals surface area contributed by atoms with E-state index in [-0.39, 0.29) is 28.8 Å². The zero-order chi connectivity index (χ0) is 26.7. The van der Waals surface area contributed by atoms with Gasteiger partial charge < -0.3 is 14.5 Å². The van der Waals surface area contributed by atoms with E-state index < -0.39 is 38.4 Å². The van der Waals surface area contributed by atoms with Crippen molar-refractivity contribution >= 4 is 33.3 Å². The number of ether oxygens (including phenoxy) is 1. The molecule has 37 heavy (non-hydrogen) atoms. The second-order valence-electron chi connectivity index (χ2n) is 7.97. The van der Waals surface area contributed by atoms with Crippen LogP contribution in [-0.2, 0) is 16.6 Å². The molecular weight excluding hydrogens is 531 g/mol. The maximum absolute atomic E-state index is 15.3. The summed E-state index contributed by atoms with van der Waals surface area (Å²) in [7, 11) is -3.05. The van der Waals surface area contributed by atoms with Crippen LogP contribution in [0.5, 0.6) is 5.75 Å². The number of halogens is 4. The van der Waals surface area contributed by atoms with Crippen molar-refractivity contribution in [2.24, 2.45) is 0 Å². The van der Waals surface area contributed by atoms with Gasteiger partial charge in [0.05, 0.1) is 36.6 Å². The highest BCUT2D eigenvalue weighted by Gasteiger charge is 2.32. The molecule has 0 amide bonds. The molecule has 0 radical (unpaired) electrons. The molecule has 0 saturated heterocycles. The van der Waals surface area contributed by atoms with Crippen LogP contribution in [0.15, 0.2) is 76.4 Å². The van der Waals surface area contributed by atoms with Crippen LogP contribution in [0.25, 0.3) is 0 Å². The van der Waals surface area contributed by atoms with Gasteiger partial charge in [0.1, 0.15) is 34.4 Å². The SMILES string of the molecule is COc1ccc(CN(c2ncco2)S(=O)(=O)c2cc(Cl)c(NC(C)c3cc(F)ccc3F)cc2F)cc1. The summed E-state index contributed by atoms with van der Waals surface area (Å²) in [5, 5.41) is 2.64. The normalized spacial score (nSPS) is 12.3. The average molecular weight is 552 g/mol. The summed E-state index contributed by atoms with van der Waals surface area (Å²) in [6.45, 7) is 1.30. The maximum Gasteiger partial charge on any atom is 0.311 e. The van der Waals surface area contributed by atoms with Crippen molar-refractivity contribution in [3.8, 4) is 5.75 Å². The number of methoxy groups -OCH3 is 1. The van der Waals surface area contributed by atoms with Gasteiger partial charge in [-0.2, -0.15) is 0 Å². The summed E-state index contributed by atoms with van der Waals surface area (Å²) in [6.07, 6.45) is 2.45. The van der Waals surface area contributed by atoms with Gasteiger partial charge >= 0.3 is 6.01 Å². The third kappa shape index (κ3) is 5.67. The van der Waals surface area contributed by atoms with Crippen LogP contribution in [-0.4, -0.2) is 20.5 Å². The third-order valence-electron chi connectivity index (χ3n) is 5.50. The molecule has 0 aliphatic heterocycles. The van der Waals surface area contributed by atoms with Crippen molar-refractivity contribution in [3.05, 3.63) is 101 Å². The zero-order valence-corrected chi connectivity index (χ0v) is 21.2. The smallest absolute Gasteiger partial charge is 0.311 e. The molecule has 1 atom stereocenters. The Labute approximate surface area is 216 Å². The van der Waals surface area contributed by atoms with Gasteiger partial charge in [-0.25, -0.2) is 30.9 Å². The Bertz CT molecular complexity index is 1500. The Kier molecular flexibility index (Phi) is 7.65. The standard InChI is InChI=1S/C25H21ClF3N3O4S/c1-15(19-11-17(27)5-8-21(19)28)31-23-13-22(29)24(12-20(23)26)37(33,34)32(25-30-9-10-36-25)14-16-3-6-18(35-2)7-4-16/h3-13,15,31H,14H2,1-2H3. The third-order valence-corrected chi connectivity index (χ3v) is 7.55. The topological polar surface area (TPSA) is 84.7 Å². The summed E-state index contributed by atoms with van der Waals surface area (Å²) >= 11 is 6.30. The van der Waals surface area contributed by atoms with Crippen LogP contribution in [0.3, 0.4) is 0 Å². The molecule has 3 aromatic carbocycles. The van der Waals surface area contributed by atoms with Crippen molar-refractivity contribution in [3.63, 3.8) is 0 Å². The lowest BCUT2D eigenvalue weighted by Crippen LogP contribution is -2.31. The minimum absolute atomic E-state index is 0.00731. The predicted octanol–water partition coefficient (Wildman–Crippen LogP) is 6.32. The van der Waals surface area contributed by atoms with E-state index in [9.17, 15) is 17.2 Å². The van der Waals surface area contributed by atoms with E-state index in [1.54, 1.807) is 24.3 Å². The van der Waals surface area contributed by atoms with Crippen LogP contribution in [0.1, 0.15) is 24.1 Å². The highest BCUT2D eigenvalue weighted by Crippen LogP contribution is 2.34. The first-order chi connectivity index (χ1) is 17.6. The summed E-state index contributed by atoms with van der Waals surface area (Å²) in [5.41, 5.74) is 0.535. The fraction of sp³-hybridized carbons (Fsp3) is 0.160. The molecule has 1 heterocycles. The monoisotopic (exact) mass is 551 g/mol. The molecule has 4 rings (SSSR count).